The highest BCUT2D eigenvalue weighted by molar-refractivity contribution is 7.92. The molecule has 0 amide bonds. The first-order valence-corrected chi connectivity index (χ1v) is 8.93. The Morgan fingerprint density at radius 2 is 2.04 bits per heavy atom. The number of anilines is 1. The van der Waals surface area contributed by atoms with Crippen molar-refractivity contribution >= 4 is 43.9 Å². The number of hydrogen-bond acceptors (Lipinski definition) is 5. The molecule has 2 N–H and O–H groups in total. The van der Waals surface area contributed by atoms with Crippen LogP contribution in [0.15, 0.2) is 23.7 Å². The Labute approximate surface area is 143 Å². The molecular weight excluding hydrogens is 393 g/mol. The summed E-state index contributed by atoms with van der Waals surface area (Å²) in [7, 11) is -4.19. The summed E-state index contributed by atoms with van der Waals surface area (Å²) in [5, 5.41) is 8.47. The van der Waals surface area contributed by atoms with E-state index < -0.39 is 39.2 Å². The first-order chi connectivity index (χ1) is 11.0. The lowest BCUT2D eigenvalue weighted by molar-refractivity contribution is -0.137. The molecule has 0 spiro atoms. The molecule has 1 heterocycles. The predicted molar refractivity (Wildman–Crippen MR) is 81.8 cm³/mol. The normalized spacial score (nSPS) is 12.2. The number of nitrogens with zero attached hydrogens (tertiary/aromatic N) is 1. The minimum Gasteiger partial charge on any atom is -0.476 e. The summed E-state index contributed by atoms with van der Waals surface area (Å²) < 4.78 is 64.3. The Kier molecular flexibility index (Phi) is 5.06. The van der Waals surface area contributed by atoms with Crippen LogP contribution < -0.4 is 4.72 Å². The topological polar surface area (TPSA) is 96.4 Å². The number of sulfonamides is 1. The molecule has 0 saturated carbocycles. The highest BCUT2D eigenvalue weighted by Gasteiger charge is 2.31. The monoisotopic (exact) mass is 400 g/mol. The van der Waals surface area contributed by atoms with E-state index in [0.717, 1.165) is 29.0 Å². The highest BCUT2D eigenvalue weighted by Crippen LogP contribution is 2.32. The van der Waals surface area contributed by atoms with Gasteiger partial charge in [-0.1, -0.05) is 11.6 Å². The van der Waals surface area contributed by atoms with Crippen molar-refractivity contribution in [3.05, 3.63) is 45.6 Å². The molecule has 0 aliphatic carbocycles. The van der Waals surface area contributed by atoms with E-state index in [-0.39, 0.29) is 15.6 Å². The number of aromatic carboxylic acids is 1. The fourth-order valence-corrected chi connectivity index (χ4v) is 4.17. The SMILES string of the molecule is O=C(O)c1ncsc1NS(=O)(=O)Cc1cc(C(F)(F)F)ccc1Cl. The van der Waals surface area contributed by atoms with E-state index in [1.54, 1.807) is 0 Å². The summed E-state index contributed by atoms with van der Waals surface area (Å²) in [6.45, 7) is 0. The smallest absolute Gasteiger partial charge is 0.416 e. The van der Waals surface area contributed by atoms with Gasteiger partial charge in [0.2, 0.25) is 10.0 Å². The van der Waals surface area contributed by atoms with Crippen LogP contribution in [-0.2, 0) is 22.0 Å². The summed E-state index contributed by atoms with van der Waals surface area (Å²) >= 11 is 6.48. The number of aromatic nitrogens is 1. The number of thiazole rings is 1. The third kappa shape index (κ3) is 4.36. The predicted octanol–water partition coefficient (Wildman–Crippen LogP) is 3.46. The maximum absolute atomic E-state index is 12.7. The van der Waals surface area contributed by atoms with Crippen LogP contribution in [0.2, 0.25) is 5.02 Å². The average Bonchev–Trinajstić information content (AvgIpc) is 2.87. The van der Waals surface area contributed by atoms with Crippen LogP contribution in [-0.4, -0.2) is 24.5 Å². The molecule has 1 aromatic heterocycles. The number of hydrogen-bond donors (Lipinski definition) is 2. The Morgan fingerprint density at radius 1 is 1.38 bits per heavy atom. The maximum Gasteiger partial charge on any atom is 0.416 e. The van der Waals surface area contributed by atoms with E-state index in [1.807, 2.05) is 4.72 Å². The number of carbonyl (C=O) groups is 1. The van der Waals surface area contributed by atoms with Crippen molar-refractivity contribution in [1.29, 1.82) is 0 Å². The number of halogens is 4. The van der Waals surface area contributed by atoms with Gasteiger partial charge in [-0.25, -0.2) is 18.2 Å². The third-order valence-electron chi connectivity index (χ3n) is 2.74. The number of carboxylic acid groups (broad SMARTS) is 1. The zero-order chi connectivity index (χ0) is 18.1. The van der Waals surface area contributed by atoms with E-state index >= 15 is 0 Å². The molecule has 0 radical (unpaired) electrons. The average molecular weight is 401 g/mol. The van der Waals surface area contributed by atoms with Gasteiger partial charge in [-0.15, -0.1) is 11.3 Å². The third-order valence-corrected chi connectivity index (χ3v) is 5.18. The Bertz CT molecular complexity index is 881. The van der Waals surface area contributed by atoms with Crippen LogP contribution in [0.25, 0.3) is 0 Å². The molecule has 0 fully saturated rings. The van der Waals surface area contributed by atoms with E-state index in [9.17, 15) is 26.4 Å². The molecular formula is C12H8ClF3N2O4S2. The number of nitrogens with one attached hydrogen (secondary N) is 1. The number of rotatable bonds is 5. The van der Waals surface area contributed by atoms with Crippen LogP contribution in [0.5, 0.6) is 0 Å². The molecule has 0 saturated heterocycles. The summed E-state index contributed by atoms with van der Waals surface area (Å²) in [6, 6.07) is 2.31. The molecule has 6 nitrogen and oxygen atoms in total. The molecule has 0 unspecified atom stereocenters. The summed E-state index contributed by atoms with van der Waals surface area (Å²) in [4.78, 5) is 14.4. The molecule has 24 heavy (non-hydrogen) atoms. The second-order valence-corrected chi connectivity index (χ2v) is 7.48. The standard InChI is InChI=1S/C12H8ClF3N2O4S2/c13-8-2-1-7(12(14,15)16)3-6(8)4-24(21,22)18-10-9(11(19)20)17-5-23-10/h1-3,5,18H,4H2,(H,19,20). The molecule has 2 rings (SSSR count). The quantitative estimate of drug-likeness (QED) is 0.801. The van der Waals surface area contributed by atoms with E-state index in [4.69, 9.17) is 16.7 Å². The van der Waals surface area contributed by atoms with Gasteiger partial charge in [0.25, 0.3) is 0 Å². The first-order valence-electron chi connectivity index (χ1n) is 6.02. The fourth-order valence-electron chi connectivity index (χ4n) is 1.71. The lowest BCUT2D eigenvalue weighted by Crippen LogP contribution is -2.17. The molecule has 2 aromatic rings. The Balaban J connectivity index is 2.29. The second-order valence-electron chi connectivity index (χ2n) is 4.50. The molecule has 1 aromatic carbocycles. The number of benzene rings is 1. The van der Waals surface area contributed by atoms with Crippen molar-refractivity contribution in [3.63, 3.8) is 0 Å². The van der Waals surface area contributed by atoms with Gasteiger partial charge in [0.15, 0.2) is 5.69 Å². The molecule has 0 aliphatic heterocycles. The molecule has 0 aliphatic rings. The Morgan fingerprint density at radius 3 is 2.62 bits per heavy atom. The van der Waals surface area contributed by atoms with Crippen molar-refractivity contribution < 1.29 is 31.5 Å². The van der Waals surface area contributed by atoms with Gasteiger partial charge in [-0.2, -0.15) is 13.2 Å². The first kappa shape index (κ1) is 18.5. The lowest BCUT2D eigenvalue weighted by atomic mass is 10.1. The van der Waals surface area contributed by atoms with Gasteiger partial charge in [-0.3, -0.25) is 4.72 Å². The largest absolute Gasteiger partial charge is 0.476 e. The summed E-state index contributed by atoms with van der Waals surface area (Å²) in [6.07, 6.45) is -4.65. The van der Waals surface area contributed by atoms with Gasteiger partial charge in [0.1, 0.15) is 5.00 Å². The number of carboxylic acids is 1. The zero-order valence-corrected chi connectivity index (χ0v) is 13.9. The minimum absolute atomic E-state index is 0.156. The van der Waals surface area contributed by atoms with Gasteiger partial charge < -0.3 is 5.11 Å². The van der Waals surface area contributed by atoms with E-state index in [0.29, 0.717) is 6.07 Å². The molecule has 130 valence electrons. The van der Waals surface area contributed by atoms with E-state index in [2.05, 4.69) is 4.98 Å². The zero-order valence-electron chi connectivity index (χ0n) is 11.5. The van der Waals surface area contributed by atoms with Crippen molar-refractivity contribution in [1.82, 2.24) is 4.98 Å². The van der Waals surface area contributed by atoms with Crippen molar-refractivity contribution in [2.75, 3.05) is 4.72 Å². The van der Waals surface area contributed by atoms with Crippen molar-refractivity contribution in [2.24, 2.45) is 0 Å². The second kappa shape index (κ2) is 6.57. The maximum atomic E-state index is 12.7. The Hall–Kier alpha value is -1.85. The highest BCUT2D eigenvalue weighted by atomic mass is 35.5. The van der Waals surface area contributed by atoms with Gasteiger partial charge >= 0.3 is 12.1 Å². The molecule has 0 bridgehead atoms. The van der Waals surface area contributed by atoms with Crippen LogP contribution in [0.3, 0.4) is 0 Å². The van der Waals surface area contributed by atoms with Crippen molar-refractivity contribution in [2.45, 2.75) is 11.9 Å². The number of alkyl halides is 3. The van der Waals surface area contributed by atoms with Gasteiger partial charge in [0, 0.05) is 5.02 Å². The summed E-state index contributed by atoms with van der Waals surface area (Å²) in [5.41, 5.74) is -0.682. The van der Waals surface area contributed by atoms with E-state index in [1.165, 1.54) is 0 Å². The van der Waals surface area contributed by atoms with Gasteiger partial charge in [0.05, 0.1) is 16.8 Å². The van der Waals surface area contributed by atoms with Crippen LogP contribution in [0.1, 0.15) is 21.6 Å². The molecule has 12 heteroatoms. The van der Waals surface area contributed by atoms with Crippen LogP contribution in [0, 0.1) is 0 Å². The molecule has 0 atom stereocenters. The lowest BCUT2D eigenvalue weighted by Gasteiger charge is -2.11. The fraction of sp³-hybridized carbons (Fsp3) is 0.167. The van der Waals surface area contributed by atoms with Crippen LogP contribution >= 0.6 is 22.9 Å². The van der Waals surface area contributed by atoms with Gasteiger partial charge in [-0.05, 0) is 23.8 Å². The van der Waals surface area contributed by atoms with Crippen LogP contribution in [0.4, 0.5) is 18.2 Å². The minimum atomic E-state index is -4.65. The van der Waals surface area contributed by atoms with Crippen molar-refractivity contribution in [3.8, 4) is 0 Å². The summed E-state index contributed by atoms with van der Waals surface area (Å²) in [5.74, 6) is -2.29.